The number of hydrogen-bond donors (Lipinski definition) is 4. The normalized spacial score (nSPS) is 11.3. The number of nitrogens with one attached hydrogen (secondary N) is 3. The topological polar surface area (TPSA) is 116 Å². The van der Waals surface area contributed by atoms with Crippen LogP contribution in [0.2, 0.25) is 0 Å². The van der Waals surface area contributed by atoms with Crippen LogP contribution in [0, 0.1) is 0 Å². The zero-order valence-electron chi connectivity index (χ0n) is 33.6. The number of carbonyl (C=O) groups excluding carboxylic acids is 2. The minimum absolute atomic E-state index is 0.0177. The van der Waals surface area contributed by atoms with Gasteiger partial charge >= 0.3 is 0 Å². The maximum Gasteiger partial charge on any atom is 0.259 e. The Hall–Kier alpha value is -4.50. The van der Waals surface area contributed by atoms with Crippen LogP contribution in [-0.2, 0) is 4.79 Å². The molecule has 0 aliphatic carbocycles. The van der Waals surface area contributed by atoms with Gasteiger partial charge in [0.25, 0.3) is 5.91 Å². The van der Waals surface area contributed by atoms with Crippen molar-refractivity contribution in [1.29, 1.82) is 0 Å². The molecule has 0 unspecified atom stereocenters. The number of carbonyl (C=O) groups is 2. The first-order valence-electron chi connectivity index (χ1n) is 21.2. The lowest BCUT2D eigenvalue weighted by molar-refractivity contribution is -0.116. The fraction of sp³-hybridized carbons (Fsp3) is 0.468. The van der Waals surface area contributed by atoms with Crippen LogP contribution in [0.4, 0.5) is 11.4 Å². The van der Waals surface area contributed by atoms with E-state index in [9.17, 15) is 14.7 Å². The molecule has 4 aromatic carbocycles. The number of aromatic nitrogens is 2. The first-order valence-corrected chi connectivity index (χ1v) is 22.0. The van der Waals surface area contributed by atoms with Crippen molar-refractivity contribution < 1.29 is 19.4 Å². The number of fused-ring (bicyclic) bond motifs is 2. The Morgan fingerprint density at radius 3 is 2.00 bits per heavy atom. The molecule has 56 heavy (non-hydrogen) atoms. The van der Waals surface area contributed by atoms with Crippen molar-refractivity contribution in [2.45, 2.75) is 146 Å². The van der Waals surface area contributed by atoms with Crippen LogP contribution in [0.15, 0.2) is 82.8 Å². The predicted molar refractivity (Wildman–Crippen MR) is 233 cm³/mol. The van der Waals surface area contributed by atoms with E-state index in [1.54, 1.807) is 6.07 Å². The molecular formula is C47H62N4O4S. The molecule has 0 aliphatic heterocycles. The van der Waals surface area contributed by atoms with E-state index in [0.29, 0.717) is 35.0 Å². The molecule has 9 heteroatoms. The summed E-state index contributed by atoms with van der Waals surface area (Å²) in [6.45, 7) is 5.05. The smallest absolute Gasteiger partial charge is 0.259 e. The van der Waals surface area contributed by atoms with Gasteiger partial charge in [0, 0.05) is 22.4 Å². The molecule has 0 atom stereocenters. The summed E-state index contributed by atoms with van der Waals surface area (Å²) in [5.41, 5.74) is 3.01. The molecule has 8 nitrogen and oxygen atoms in total. The number of aromatic amines is 1. The number of anilines is 2. The van der Waals surface area contributed by atoms with E-state index >= 15 is 0 Å². The predicted octanol–water partition coefficient (Wildman–Crippen LogP) is 13.6. The van der Waals surface area contributed by atoms with Crippen LogP contribution in [0.1, 0.15) is 146 Å². The molecule has 0 radical (unpaired) electrons. The van der Waals surface area contributed by atoms with E-state index in [0.717, 1.165) is 52.7 Å². The Morgan fingerprint density at radius 2 is 1.30 bits per heavy atom. The quantitative estimate of drug-likeness (QED) is 0.0415. The highest BCUT2D eigenvalue weighted by Gasteiger charge is 2.20. The zero-order valence-corrected chi connectivity index (χ0v) is 34.4. The zero-order chi connectivity index (χ0) is 39.4. The molecule has 0 spiro atoms. The summed E-state index contributed by atoms with van der Waals surface area (Å²) in [7, 11) is 0. The van der Waals surface area contributed by atoms with Crippen molar-refractivity contribution >= 4 is 56.8 Å². The molecule has 0 saturated carbocycles. The van der Waals surface area contributed by atoms with Crippen molar-refractivity contribution in [3.63, 3.8) is 0 Å². The van der Waals surface area contributed by atoms with Crippen molar-refractivity contribution in [3.05, 3.63) is 78.4 Å². The van der Waals surface area contributed by atoms with Crippen LogP contribution in [0.3, 0.4) is 0 Å². The van der Waals surface area contributed by atoms with Crippen molar-refractivity contribution in [2.75, 3.05) is 17.2 Å². The number of aromatic hydroxyl groups is 1. The number of amides is 2. The van der Waals surface area contributed by atoms with Gasteiger partial charge in [-0.2, -0.15) is 0 Å². The van der Waals surface area contributed by atoms with Gasteiger partial charge in [0.1, 0.15) is 11.5 Å². The first-order chi connectivity index (χ1) is 27.5. The molecule has 0 aliphatic rings. The first kappa shape index (κ1) is 42.6. The van der Waals surface area contributed by atoms with Crippen molar-refractivity contribution in [3.8, 4) is 11.5 Å². The third-order valence-electron chi connectivity index (χ3n) is 10.3. The van der Waals surface area contributed by atoms with Gasteiger partial charge in [0.2, 0.25) is 5.91 Å². The number of benzene rings is 4. The lowest BCUT2D eigenvalue weighted by atomic mass is 10.0. The SMILES string of the molecule is CCCCCCCCCCCCCCOc1ccccc1NC(=O)c1cc(Sc2nc3ccc(NC(=O)CCCCCCCC)cc3[nH]2)c2ccccc2c1O. The number of rotatable bonds is 26. The minimum atomic E-state index is -0.428. The standard InChI is InChI=1S/C47H62N4O4S/c1-3-5-7-9-11-12-13-14-15-16-18-24-32-55-42-28-23-22-27-40(42)49-46(54)38-34-43(36-25-20-21-26-37(36)45(38)53)56-47-50-39-31-30-35(33-41(39)51-47)48-44(52)29-19-17-10-8-6-4-2/h20-23,25-28,30-31,33-34,53H,3-19,24,29,32H2,1-2H3,(H,48,52)(H,49,54)(H,50,51). The summed E-state index contributed by atoms with van der Waals surface area (Å²) in [6.07, 6.45) is 22.7. The number of ether oxygens (including phenoxy) is 1. The second-order valence-electron chi connectivity index (χ2n) is 14.9. The largest absolute Gasteiger partial charge is 0.506 e. The van der Waals surface area contributed by atoms with E-state index in [1.807, 2.05) is 66.7 Å². The molecule has 1 heterocycles. The van der Waals surface area contributed by atoms with E-state index in [-0.39, 0.29) is 17.2 Å². The second-order valence-corrected chi connectivity index (χ2v) is 16.0. The van der Waals surface area contributed by atoms with Crippen LogP contribution >= 0.6 is 11.8 Å². The molecule has 300 valence electrons. The summed E-state index contributed by atoms with van der Waals surface area (Å²) in [5.74, 6) is 0.119. The molecule has 0 saturated heterocycles. The van der Waals surface area contributed by atoms with Gasteiger partial charge in [-0.15, -0.1) is 0 Å². The van der Waals surface area contributed by atoms with Gasteiger partial charge in [0.15, 0.2) is 5.16 Å². The highest BCUT2D eigenvalue weighted by atomic mass is 32.2. The summed E-state index contributed by atoms with van der Waals surface area (Å²) >= 11 is 1.39. The monoisotopic (exact) mass is 778 g/mol. The number of unbranched alkanes of at least 4 members (excludes halogenated alkanes) is 16. The van der Waals surface area contributed by atoms with Gasteiger partial charge < -0.3 is 25.5 Å². The summed E-state index contributed by atoms with van der Waals surface area (Å²) < 4.78 is 6.14. The summed E-state index contributed by atoms with van der Waals surface area (Å²) in [6, 6.07) is 22.3. The number of hydrogen-bond acceptors (Lipinski definition) is 6. The molecule has 1 aromatic heterocycles. The molecular weight excluding hydrogens is 717 g/mol. The number of para-hydroxylation sites is 2. The van der Waals surface area contributed by atoms with E-state index in [2.05, 4.69) is 29.5 Å². The van der Waals surface area contributed by atoms with Crippen LogP contribution in [-0.4, -0.2) is 33.5 Å². The maximum atomic E-state index is 13.8. The maximum absolute atomic E-state index is 13.8. The average Bonchev–Trinajstić information content (AvgIpc) is 3.61. The van der Waals surface area contributed by atoms with Crippen molar-refractivity contribution in [1.82, 2.24) is 9.97 Å². The van der Waals surface area contributed by atoms with E-state index in [4.69, 9.17) is 9.72 Å². The summed E-state index contributed by atoms with van der Waals surface area (Å²) in [4.78, 5) is 35.4. The third kappa shape index (κ3) is 13.3. The Labute approximate surface area is 338 Å². The van der Waals surface area contributed by atoms with Gasteiger partial charge in [-0.25, -0.2) is 4.98 Å². The average molecular weight is 779 g/mol. The number of phenols is 1. The summed E-state index contributed by atoms with van der Waals surface area (Å²) in [5, 5.41) is 19.4. The lowest BCUT2D eigenvalue weighted by Gasteiger charge is -2.15. The number of imidazole rings is 1. The van der Waals surface area contributed by atoms with Crippen LogP contribution in [0.5, 0.6) is 11.5 Å². The molecule has 4 N–H and O–H groups in total. The second kappa shape index (κ2) is 23.5. The molecule has 2 amide bonds. The minimum Gasteiger partial charge on any atom is -0.506 e. The van der Waals surface area contributed by atoms with Crippen LogP contribution < -0.4 is 15.4 Å². The lowest BCUT2D eigenvalue weighted by Crippen LogP contribution is -2.13. The van der Waals surface area contributed by atoms with E-state index in [1.165, 1.54) is 102 Å². The van der Waals surface area contributed by atoms with Gasteiger partial charge in [-0.05, 0) is 54.6 Å². The number of phenolic OH excluding ortho intramolecular Hbond substituents is 1. The Bertz CT molecular complexity index is 1980. The molecule has 0 bridgehead atoms. The van der Waals surface area contributed by atoms with E-state index < -0.39 is 5.91 Å². The fourth-order valence-electron chi connectivity index (χ4n) is 7.10. The van der Waals surface area contributed by atoms with Gasteiger partial charge in [-0.1, -0.05) is 165 Å². The molecule has 0 fully saturated rings. The third-order valence-corrected chi connectivity index (χ3v) is 11.3. The van der Waals surface area contributed by atoms with Gasteiger partial charge in [0.05, 0.1) is 28.9 Å². The van der Waals surface area contributed by atoms with Gasteiger partial charge in [-0.3, -0.25) is 9.59 Å². The highest BCUT2D eigenvalue weighted by Crippen LogP contribution is 2.40. The number of H-pyrrole nitrogens is 1. The molecule has 5 aromatic rings. The Kier molecular flexibility index (Phi) is 17.9. The van der Waals surface area contributed by atoms with Crippen molar-refractivity contribution in [2.24, 2.45) is 0 Å². The Balaban J connectivity index is 1.17. The van der Waals surface area contributed by atoms with Crippen LogP contribution in [0.25, 0.3) is 21.8 Å². The fourth-order valence-corrected chi connectivity index (χ4v) is 8.08. The Morgan fingerprint density at radius 1 is 0.696 bits per heavy atom. The highest BCUT2D eigenvalue weighted by molar-refractivity contribution is 7.99. The number of nitrogens with zero attached hydrogens (tertiary/aromatic N) is 1. The molecule has 5 rings (SSSR count).